The summed E-state index contributed by atoms with van der Waals surface area (Å²) in [6, 6.07) is 12.2. The lowest BCUT2D eigenvalue weighted by molar-refractivity contribution is -0.131. The SMILES string of the molecule is CCOc1ccc(C(=O)NCC(=O)N2CCc3[nH]c4ccc(C(=O)OC)cc4c3C2)cc1. The van der Waals surface area contributed by atoms with Gasteiger partial charge in [-0.1, -0.05) is 0 Å². The Bertz CT molecular complexity index is 1170. The summed E-state index contributed by atoms with van der Waals surface area (Å²) in [5.41, 5.74) is 3.90. The highest BCUT2D eigenvalue weighted by molar-refractivity contribution is 5.97. The normalized spacial score (nSPS) is 12.9. The Balaban J connectivity index is 1.42. The molecule has 32 heavy (non-hydrogen) atoms. The lowest BCUT2D eigenvalue weighted by atomic mass is 10.0. The molecule has 166 valence electrons. The third-order valence-electron chi connectivity index (χ3n) is 5.58. The summed E-state index contributed by atoms with van der Waals surface area (Å²) in [5.74, 6) is -0.178. The first-order valence-electron chi connectivity index (χ1n) is 10.5. The number of carbonyl (C=O) groups excluding carboxylic acids is 3. The van der Waals surface area contributed by atoms with E-state index in [-0.39, 0.29) is 18.4 Å². The van der Waals surface area contributed by atoms with Gasteiger partial charge < -0.3 is 24.7 Å². The van der Waals surface area contributed by atoms with Crippen molar-refractivity contribution in [3.8, 4) is 5.75 Å². The van der Waals surface area contributed by atoms with Crippen molar-refractivity contribution in [1.82, 2.24) is 15.2 Å². The molecule has 0 radical (unpaired) electrons. The van der Waals surface area contributed by atoms with Gasteiger partial charge >= 0.3 is 5.97 Å². The van der Waals surface area contributed by atoms with Crippen molar-refractivity contribution in [2.24, 2.45) is 0 Å². The van der Waals surface area contributed by atoms with Crippen molar-refractivity contribution in [2.45, 2.75) is 19.9 Å². The lowest BCUT2D eigenvalue weighted by Gasteiger charge is -2.27. The number of H-pyrrole nitrogens is 1. The molecule has 1 aromatic heterocycles. The zero-order valence-electron chi connectivity index (χ0n) is 18.1. The molecule has 0 saturated heterocycles. The standard InChI is InChI=1S/C24H25N3O5/c1-3-32-17-7-4-15(5-8-17)23(29)25-13-22(28)27-11-10-21-19(14-27)18-12-16(24(30)31-2)6-9-20(18)26-21/h4-9,12,26H,3,10-11,13-14H2,1-2H3,(H,25,29). The number of methoxy groups -OCH3 is 1. The van der Waals surface area contributed by atoms with Crippen LogP contribution >= 0.6 is 0 Å². The van der Waals surface area contributed by atoms with E-state index in [1.807, 2.05) is 13.0 Å². The molecule has 2 N–H and O–H groups in total. The number of rotatable bonds is 6. The van der Waals surface area contributed by atoms with Gasteiger partial charge in [-0.3, -0.25) is 9.59 Å². The van der Waals surface area contributed by atoms with Crippen molar-refractivity contribution in [2.75, 3.05) is 26.8 Å². The van der Waals surface area contributed by atoms with Crippen LogP contribution in [0, 0.1) is 0 Å². The summed E-state index contributed by atoms with van der Waals surface area (Å²) < 4.78 is 10.2. The van der Waals surface area contributed by atoms with Crippen LogP contribution in [0.25, 0.3) is 10.9 Å². The highest BCUT2D eigenvalue weighted by Crippen LogP contribution is 2.28. The minimum absolute atomic E-state index is 0.0862. The van der Waals surface area contributed by atoms with Gasteiger partial charge in [0.1, 0.15) is 5.75 Å². The van der Waals surface area contributed by atoms with Crippen molar-refractivity contribution >= 4 is 28.7 Å². The van der Waals surface area contributed by atoms with E-state index in [1.165, 1.54) is 7.11 Å². The number of esters is 1. The average molecular weight is 435 g/mol. The number of hydrogen-bond acceptors (Lipinski definition) is 5. The third kappa shape index (κ3) is 4.30. The quantitative estimate of drug-likeness (QED) is 0.580. The predicted molar refractivity (Wildman–Crippen MR) is 119 cm³/mol. The maximum atomic E-state index is 12.8. The Labute approximate surface area is 185 Å². The average Bonchev–Trinajstić information content (AvgIpc) is 3.19. The van der Waals surface area contributed by atoms with E-state index >= 15 is 0 Å². The van der Waals surface area contributed by atoms with Crippen molar-refractivity contribution in [3.63, 3.8) is 0 Å². The second kappa shape index (κ2) is 9.13. The number of hydrogen-bond donors (Lipinski definition) is 2. The number of amides is 2. The van der Waals surface area contributed by atoms with Gasteiger partial charge in [0.05, 0.1) is 25.8 Å². The molecular formula is C24H25N3O5. The number of nitrogens with one attached hydrogen (secondary N) is 2. The highest BCUT2D eigenvalue weighted by atomic mass is 16.5. The van der Waals surface area contributed by atoms with E-state index in [0.29, 0.717) is 43.0 Å². The van der Waals surface area contributed by atoms with Crippen LogP contribution in [0.5, 0.6) is 5.75 Å². The van der Waals surface area contributed by atoms with Gasteiger partial charge in [0.25, 0.3) is 5.91 Å². The Morgan fingerprint density at radius 1 is 1.09 bits per heavy atom. The molecule has 2 heterocycles. The Kier molecular flexibility index (Phi) is 6.11. The van der Waals surface area contributed by atoms with Crippen LogP contribution < -0.4 is 10.1 Å². The summed E-state index contributed by atoms with van der Waals surface area (Å²) in [6.45, 7) is 3.33. The van der Waals surface area contributed by atoms with E-state index in [2.05, 4.69) is 10.3 Å². The van der Waals surface area contributed by atoms with Crippen molar-refractivity contribution in [3.05, 3.63) is 64.8 Å². The van der Waals surface area contributed by atoms with Gasteiger partial charge in [0.15, 0.2) is 0 Å². The third-order valence-corrected chi connectivity index (χ3v) is 5.58. The minimum atomic E-state index is -0.400. The van der Waals surface area contributed by atoms with Gasteiger partial charge in [0.2, 0.25) is 5.91 Å². The molecule has 1 aliphatic heterocycles. The zero-order chi connectivity index (χ0) is 22.7. The first kappa shape index (κ1) is 21.4. The van der Waals surface area contributed by atoms with Gasteiger partial charge in [-0.15, -0.1) is 0 Å². The van der Waals surface area contributed by atoms with Crippen LogP contribution in [-0.4, -0.2) is 54.5 Å². The summed E-state index contributed by atoms with van der Waals surface area (Å²) >= 11 is 0. The highest BCUT2D eigenvalue weighted by Gasteiger charge is 2.25. The maximum absolute atomic E-state index is 12.8. The monoisotopic (exact) mass is 435 g/mol. The Morgan fingerprint density at radius 2 is 1.84 bits per heavy atom. The van der Waals surface area contributed by atoms with Gasteiger partial charge in [-0.05, 0) is 49.4 Å². The van der Waals surface area contributed by atoms with Crippen LogP contribution in [0.4, 0.5) is 0 Å². The van der Waals surface area contributed by atoms with Crippen LogP contribution in [0.15, 0.2) is 42.5 Å². The van der Waals surface area contributed by atoms with Crippen LogP contribution in [0.1, 0.15) is 38.9 Å². The molecule has 4 rings (SSSR count). The number of nitrogens with zero attached hydrogens (tertiary/aromatic N) is 1. The lowest BCUT2D eigenvalue weighted by Crippen LogP contribution is -2.42. The molecule has 1 aliphatic rings. The molecule has 0 spiro atoms. The Hall–Kier alpha value is -3.81. The van der Waals surface area contributed by atoms with Crippen molar-refractivity contribution < 1.29 is 23.9 Å². The zero-order valence-corrected chi connectivity index (χ0v) is 18.1. The topological polar surface area (TPSA) is 101 Å². The number of aromatic amines is 1. The number of carbonyl (C=O) groups is 3. The molecule has 0 saturated carbocycles. The van der Waals surface area contributed by atoms with E-state index < -0.39 is 5.97 Å². The second-order valence-corrected chi connectivity index (χ2v) is 7.54. The molecule has 0 aliphatic carbocycles. The van der Waals surface area contributed by atoms with Gasteiger partial charge in [-0.2, -0.15) is 0 Å². The van der Waals surface area contributed by atoms with E-state index in [0.717, 1.165) is 22.2 Å². The van der Waals surface area contributed by atoms with Crippen LogP contribution in [0.2, 0.25) is 0 Å². The molecule has 3 aromatic rings. The molecule has 0 fully saturated rings. The molecular weight excluding hydrogens is 410 g/mol. The fourth-order valence-electron chi connectivity index (χ4n) is 3.91. The van der Waals surface area contributed by atoms with Gasteiger partial charge in [-0.25, -0.2) is 4.79 Å². The Morgan fingerprint density at radius 3 is 2.56 bits per heavy atom. The van der Waals surface area contributed by atoms with E-state index in [4.69, 9.17) is 9.47 Å². The summed E-state index contributed by atoms with van der Waals surface area (Å²) in [7, 11) is 1.35. The second-order valence-electron chi connectivity index (χ2n) is 7.54. The molecule has 0 unspecified atom stereocenters. The van der Waals surface area contributed by atoms with Crippen LogP contribution in [0.3, 0.4) is 0 Å². The summed E-state index contributed by atoms with van der Waals surface area (Å²) in [4.78, 5) is 42.1. The summed E-state index contributed by atoms with van der Waals surface area (Å²) in [6.07, 6.45) is 0.677. The number of benzene rings is 2. The molecule has 0 atom stereocenters. The minimum Gasteiger partial charge on any atom is -0.494 e. The number of fused-ring (bicyclic) bond motifs is 3. The maximum Gasteiger partial charge on any atom is 0.337 e. The predicted octanol–water partition coefficient (Wildman–Crippen LogP) is 2.67. The van der Waals surface area contributed by atoms with Crippen molar-refractivity contribution in [1.29, 1.82) is 0 Å². The van der Waals surface area contributed by atoms with E-state index in [9.17, 15) is 14.4 Å². The van der Waals surface area contributed by atoms with Gasteiger partial charge in [0, 0.05) is 47.2 Å². The summed E-state index contributed by atoms with van der Waals surface area (Å²) in [5, 5.41) is 3.60. The fraction of sp³-hybridized carbons (Fsp3) is 0.292. The van der Waals surface area contributed by atoms with Crippen LogP contribution in [-0.2, 0) is 22.5 Å². The first-order chi connectivity index (χ1) is 15.5. The number of aromatic nitrogens is 1. The number of ether oxygens (including phenoxy) is 2. The molecule has 0 bridgehead atoms. The largest absolute Gasteiger partial charge is 0.494 e. The molecule has 8 heteroatoms. The molecule has 2 aromatic carbocycles. The molecule has 2 amide bonds. The molecule has 8 nitrogen and oxygen atoms in total. The van der Waals surface area contributed by atoms with E-state index in [1.54, 1.807) is 41.3 Å². The first-order valence-corrected chi connectivity index (χ1v) is 10.5. The fourth-order valence-corrected chi connectivity index (χ4v) is 3.91. The smallest absolute Gasteiger partial charge is 0.337 e.